The van der Waals surface area contributed by atoms with Gasteiger partial charge in [0.05, 0.1) is 12.2 Å². The van der Waals surface area contributed by atoms with Crippen molar-refractivity contribution < 1.29 is 0 Å². The fourth-order valence-electron chi connectivity index (χ4n) is 1.57. The minimum atomic E-state index is -0.300. The maximum Gasteiger partial charge on any atom is 0.288 e. The molecule has 0 unspecified atom stereocenters. The predicted octanol–water partition coefficient (Wildman–Crippen LogP) is 1.65. The van der Waals surface area contributed by atoms with Crippen molar-refractivity contribution in [3.05, 3.63) is 51.4 Å². The monoisotopic (exact) mass is 266 g/mol. The highest BCUT2D eigenvalue weighted by Gasteiger charge is 2.06. The van der Waals surface area contributed by atoms with E-state index in [1.165, 1.54) is 10.8 Å². The molecule has 0 spiro atoms. The Hall–Kier alpha value is -1.66. The van der Waals surface area contributed by atoms with Crippen molar-refractivity contribution in [2.75, 3.05) is 0 Å². The molecule has 5 nitrogen and oxygen atoms in total. The van der Waals surface area contributed by atoms with Gasteiger partial charge in [-0.15, -0.1) is 11.3 Å². The van der Waals surface area contributed by atoms with E-state index in [1.807, 2.05) is 22.2 Å². The summed E-state index contributed by atoms with van der Waals surface area (Å²) in [6.07, 6.45) is 6.93. The van der Waals surface area contributed by atoms with Crippen LogP contribution < -0.4 is 5.56 Å². The van der Waals surface area contributed by atoms with E-state index in [1.54, 1.807) is 17.5 Å². The maximum absolute atomic E-state index is 11.7. The SMILES string of the molecule is O=c1c(Cl)nccn1Cc1cn2ccsc2n1. The molecule has 0 radical (unpaired) electrons. The summed E-state index contributed by atoms with van der Waals surface area (Å²) in [6, 6.07) is 0. The number of halogens is 1. The summed E-state index contributed by atoms with van der Waals surface area (Å²) in [5.41, 5.74) is 0.520. The van der Waals surface area contributed by atoms with Crippen molar-refractivity contribution in [3.63, 3.8) is 0 Å². The van der Waals surface area contributed by atoms with Crippen LogP contribution in [-0.2, 0) is 6.54 Å². The van der Waals surface area contributed by atoms with Gasteiger partial charge >= 0.3 is 0 Å². The third-order valence-corrected chi connectivity index (χ3v) is 3.38. The van der Waals surface area contributed by atoms with Crippen LogP contribution in [0.5, 0.6) is 0 Å². The van der Waals surface area contributed by atoms with Gasteiger partial charge in [0.1, 0.15) is 0 Å². The predicted molar refractivity (Wildman–Crippen MR) is 65.7 cm³/mol. The van der Waals surface area contributed by atoms with E-state index in [-0.39, 0.29) is 10.7 Å². The molecule has 3 heterocycles. The summed E-state index contributed by atoms with van der Waals surface area (Å²) in [4.78, 5) is 20.7. The zero-order valence-corrected chi connectivity index (χ0v) is 10.1. The van der Waals surface area contributed by atoms with E-state index in [0.29, 0.717) is 6.54 Å². The van der Waals surface area contributed by atoms with Gasteiger partial charge in [-0.05, 0) is 0 Å². The van der Waals surface area contributed by atoms with Crippen LogP contribution in [0, 0.1) is 0 Å². The van der Waals surface area contributed by atoms with Gasteiger partial charge in [-0.2, -0.15) is 0 Å². The normalized spacial score (nSPS) is 11.1. The van der Waals surface area contributed by atoms with Crippen molar-refractivity contribution in [2.45, 2.75) is 6.54 Å². The molecule has 7 heteroatoms. The zero-order valence-electron chi connectivity index (χ0n) is 8.58. The summed E-state index contributed by atoms with van der Waals surface area (Å²) in [6.45, 7) is 0.398. The Bertz CT molecular complexity index is 701. The first-order valence-corrected chi connectivity index (χ1v) is 6.12. The van der Waals surface area contributed by atoms with Crippen LogP contribution in [0.1, 0.15) is 5.69 Å². The molecule has 0 aromatic carbocycles. The minimum absolute atomic E-state index is 0.0199. The number of aromatic nitrogens is 4. The molecule has 3 aromatic heterocycles. The van der Waals surface area contributed by atoms with Crippen LogP contribution in [-0.4, -0.2) is 18.9 Å². The number of hydrogen-bond donors (Lipinski definition) is 0. The summed E-state index contributed by atoms with van der Waals surface area (Å²) < 4.78 is 3.41. The number of hydrogen-bond acceptors (Lipinski definition) is 4. The van der Waals surface area contributed by atoms with Crippen molar-refractivity contribution in [1.29, 1.82) is 0 Å². The summed E-state index contributed by atoms with van der Waals surface area (Å²) in [5.74, 6) is 0. The highest BCUT2D eigenvalue weighted by atomic mass is 35.5. The van der Waals surface area contributed by atoms with E-state index in [4.69, 9.17) is 11.6 Å². The lowest BCUT2D eigenvalue weighted by Gasteiger charge is -2.01. The molecule has 0 fully saturated rings. The smallest absolute Gasteiger partial charge is 0.288 e. The van der Waals surface area contributed by atoms with Crippen LogP contribution in [0.15, 0.2) is 35.0 Å². The quantitative estimate of drug-likeness (QED) is 0.709. The second-order valence-corrected chi connectivity index (χ2v) is 4.71. The van der Waals surface area contributed by atoms with Gasteiger partial charge < -0.3 is 4.57 Å². The van der Waals surface area contributed by atoms with Gasteiger partial charge in [0.15, 0.2) is 10.1 Å². The van der Waals surface area contributed by atoms with Gasteiger partial charge in [-0.1, -0.05) is 11.6 Å². The van der Waals surface area contributed by atoms with Crippen molar-refractivity contribution >= 4 is 27.9 Å². The molecular formula is C10H7ClN4OS. The molecule has 0 atom stereocenters. The molecule has 0 aliphatic carbocycles. The van der Waals surface area contributed by atoms with Gasteiger partial charge in [0.25, 0.3) is 5.56 Å². The Morgan fingerprint density at radius 1 is 1.41 bits per heavy atom. The standard InChI is InChI=1S/C10H7ClN4OS/c11-8-9(16)14(2-1-12-8)5-7-6-15-3-4-17-10(15)13-7/h1-4,6H,5H2. The summed E-state index contributed by atoms with van der Waals surface area (Å²) in [5, 5.41) is 1.94. The summed E-state index contributed by atoms with van der Waals surface area (Å²) >= 11 is 7.22. The van der Waals surface area contributed by atoms with Gasteiger partial charge in [0, 0.05) is 30.2 Å². The van der Waals surface area contributed by atoms with E-state index in [9.17, 15) is 4.79 Å². The third kappa shape index (κ3) is 1.85. The Morgan fingerprint density at radius 3 is 3.12 bits per heavy atom. The Morgan fingerprint density at radius 2 is 2.29 bits per heavy atom. The fourth-order valence-corrected chi connectivity index (χ4v) is 2.46. The number of nitrogens with zero attached hydrogens (tertiary/aromatic N) is 4. The highest BCUT2D eigenvalue weighted by Crippen LogP contribution is 2.11. The van der Waals surface area contributed by atoms with Gasteiger partial charge in [0.2, 0.25) is 0 Å². The third-order valence-electron chi connectivity index (χ3n) is 2.35. The fraction of sp³-hybridized carbons (Fsp3) is 0.100. The highest BCUT2D eigenvalue weighted by molar-refractivity contribution is 7.15. The number of rotatable bonds is 2. The molecule has 0 saturated heterocycles. The van der Waals surface area contributed by atoms with E-state index in [2.05, 4.69) is 9.97 Å². The van der Waals surface area contributed by atoms with Crippen molar-refractivity contribution in [2.24, 2.45) is 0 Å². The second-order valence-electron chi connectivity index (χ2n) is 3.48. The topological polar surface area (TPSA) is 52.2 Å². The first kappa shape index (κ1) is 10.5. The molecule has 0 amide bonds. The van der Waals surface area contributed by atoms with Gasteiger partial charge in [-0.3, -0.25) is 9.20 Å². The molecule has 3 rings (SSSR count). The van der Waals surface area contributed by atoms with Crippen molar-refractivity contribution in [1.82, 2.24) is 18.9 Å². The Balaban J connectivity index is 1.99. The van der Waals surface area contributed by atoms with Crippen LogP contribution in [0.2, 0.25) is 5.15 Å². The molecular weight excluding hydrogens is 260 g/mol. The zero-order chi connectivity index (χ0) is 11.8. The van der Waals surface area contributed by atoms with Gasteiger partial charge in [-0.25, -0.2) is 9.97 Å². The number of thiazole rings is 1. The Kier molecular flexibility index (Phi) is 2.45. The lowest BCUT2D eigenvalue weighted by Crippen LogP contribution is -2.21. The molecule has 3 aromatic rings. The lowest BCUT2D eigenvalue weighted by molar-refractivity contribution is 0.734. The largest absolute Gasteiger partial charge is 0.305 e. The number of fused-ring (bicyclic) bond motifs is 1. The molecule has 0 aliphatic heterocycles. The second kappa shape index (κ2) is 3.97. The molecule has 0 bridgehead atoms. The Labute approximate surface area is 105 Å². The molecule has 0 N–H and O–H groups in total. The van der Waals surface area contributed by atoms with Crippen LogP contribution in [0.3, 0.4) is 0 Å². The van der Waals surface area contributed by atoms with E-state index in [0.717, 1.165) is 10.7 Å². The van der Waals surface area contributed by atoms with Crippen LogP contribution >= 0.6 is 22.9 Å². The van der Waals surface area contributed by atoms with E-state index < -0.39 is 0 Å². The first-order valence-electron chi connectivity index (χ1n) is 4.86. The maximum atomic E-state index is 11.7. The first-order chi connectivity index (χ1) is 8.24. The van der Waals surface area contributed by atoms with E-state index >= 15 is 0 Å². The summed E-state index contributed by atoms with van der Waals surface area (Å²) in [7, 11) is 0. The van der Waals surface area contributed by atoms with Crippen LogP contribution in [0.4, 0.5) is 0 Å². The molecule has 0 saturated carbocycles. The lowest BCUT2D eigenvalue weighted by atomic mass is 10.4. The number of imidazole rings is 1. The minimum Gasteiger partial charge on any atom is -0.305 e. The molecule has 0 aliphatic rings. The van der Waals surface area contributed by atoms with Crippen LogP contribution in [0.25, 0.3) is 4.96 Å². The average molecular weight is 267 g/mol. The average Bonchev–Trinajstić information content (AvgIpc) is 2.85. The molecule has 86 valence electrons. The van der Waals surface area contributed by atoms with Crippen molar-refractivity contribution in [3.8, 4) is 0 Å². The molecule has 17 heavy (non-hydrogen) atoms.